The van der Waals surface area contributed by atoms with Crippen molar-refractivity contribution in [2.75, 3.05) is 19.6 Å². The summed E-state index contributed by atoms with van der Waals surface area (Å²) in [6.45, 7) is 8.32. The Morgan fingerprint density at radius 3 is 2.43 bits per heavy atom. The average molecular weight is 216 g/mol. The Morgan fingerprint density at radius 2 is 1.93 bits per heavy atom. The third kappa shape index (κ3) is 2.25. The number of rotatable bonds is 2. The van der Waals surface area contributed by atoms with Crippen LogP contribution in [0.3, 0.4) is 0 Å². The van der Waals surface area contributed by atoms with Crippen LogP contribution in [-0.4, -0.2) is 29.9 Å². The second-order valence-corrected chi connectivity index (χ2v) is 6.27. The Hall–Kier alpha value is 0.250. The Balaban J connectivity index is 1.86. The fourth-order valence-corrected chi connectivity index (χ4v) is 3.35. The fourth-order valence-electron chi connectivity index (χ4n) is 3.08. The van der Waals surface area contributed by atoms with E-state index in [4.69, 9.17) is 11.6 Å². The molecule has 1 aliphatic heterocycles. The van der Waals surface area contributed by atoms with Gasteiger partial charge in [-0.15, -0.1) is 11.6 Å². The molecule has 0 amide bonds. The summed E-state index contributed by atoms with van der Waals surface area (Å²) in [5, 5.41) is 0.389. The van der Waals surface area contributed by atoms with E-state index >= 15 is 0 Å². The molecule has 0 N–H and O–H groups in total. The lowest BCUT2D eigenvalue weighted by molar-refractivity contribution is 0.192. The lowest BCUT2D eigenvalue weighted by Gasteiger charge is -2.29. The van der Waals surface area contributed by atoms with E-state index in [1.54, 1.807) is 0 Å². The molecule has 0 aromatic carbocycles. The van der Waals surface area contributed by atoms with Crippen molar-refractivity contribution in [3.05, 3.63) is 0 Å². The standard InChI is InChI=1S/C12H22ClN/c1-10-7-14(8-11(10)13)9-12(2)5-3-4-6-12/h10-11H,3-9H2,1-2H3. The third-order valence-electron chi connectivity index (χ3n) is 4.01. The van der Waals surface area contributed by atoms with Gasteiger partial charge in [0.1, 0.15) is 0 Å². The van der Waals surface area contributed by atoms with E-state index < -0.39 is 0 Å². The topological polar surface area (TPSA) is 3.24 Å². The van der Waals surface area contributed by atoms with Crippen LogP contribution in [-0.2, 0) is 0 Å². The number of halogens is 1. The minimum atomic E-state index is 0.389. The highest BCUT2D eigenvalue weighted by Crippen LogP contribution is 2.39. The Labute approximate surface area is 92.8 Å². The highest BCUT2D eigenvalue weighted by atomic mass is 35.5. The first kappa shape index (κ1) is 10.8. The van der Waals surface area contributed by atoms with Crippen molar-refractivity contribution in [1.29, 1.82) is 0 Å². The first-order valence-corrected chi connectivity index (χ1v) is 6.39. The number of nitrogens with zero attached hydrogens (tertiary/aromatic N) is 1. The van der Waals surface area contributed by atoms with Crippen molar-refractivity contribution in [2.45, 2.75) is 44.9 Å². The molecule has 14 heavy (non-hydrogen) atoms. The molecular formula is C12H22ClN. The summed E-state index contributed by atoms with van der Waals surface area (Å²) in [5.74, 6) is 0.682. The van der Waals surface area contributed by atoms with Crippen molar-refractivity contribution in [1.82, 2.24) is 4.90 Å². The largest absolute Gasteiger partial charge is 0.301 e. The summed E-state index contributed by atoms with van der Waals surface area (Å²) in [7, 11) is 0. The zero-order chi connectivity index (χ0) is 10.2. The van der Waals surface area contributed by atoms with Crippen LogP contribution in [0.5, 0.6) is 0 Å². The molecule has 2 aliphatic rings. The van der Waals surface area contributed by atoms with Crippen LogP contribution < -0.4 is 0 Å². The Bertz CT molecular complexity index is 188. The molecule has 0 bridgehead atoms. The van der Waals surface area contributed by atoms with E-state index in [1.165, 1.54) is 38.8 Å². The SMILES string of the molecule is CC1CN(CC2(C)CCCC2)CC1Cl. The minimum absolute atomic E-state index is 0.389. The number of alkyl halides is 1. The van der Waals surface area contributed by atoms with Crippen LogP contribution >= 0.6 is 11.6 Å². The monoisotopic (exact) mass is 215 g/mol. The molecule has 0 radical (unpaired) electrons. The summed E-state index contributed by atoms with van der Waals surface area (Å²) in [5.41, 5.74) is 0.598. The molecule has 1 heterocycles. The molecule has 1 saturated heterocycles. The van der Waals surface area contributed by atoms with E-state index in [2.05, 4.69) is 18.7 Å². The zero-order valence-electron chi connectivity index (χ0n) is 9.43. The number of likely N-dealkylation sites (tertiary alicyclic amines) is 1. The van der Waals surface area contributed by atoms with E-state index in [-0.39, 0.29) is 0 Å². The van der Waals surface area contributed by atoms with E-state index in [1.807, 2.05) is 0 Å². The van der Waals surface area contributed by atoms with Crippen molar-refractivity contribution < 1.29 is 0 Å². The second-order valence-electron chi connectivity index (χ2n) is 5.71. The van der Waals surface area contributed by atoms with Crippen molar-refractivity contribution in [3.8, 4) is 0 Å². The van der Waals surface area contributed by atoms with Crippen molar-refractivity contribution in [3.63, 3.8) is 0 Å². The molecule has 2 fully saturated rings. The van der Waals surface area contributed by atoms with Crippen LogP contribution in [0.1, 0.15) is 39.5 Å². The molecule has 2 heteroatoms. The van der Waals surface area contributed by atoms with Crippen LogP contribution in [0, 0.1) is 11.3 Å². The quantitative estimate of drug-likeness (QED) is 0.640. The predicted molar refractivity (Wildman–Crippen MR) is 61.8 cm³/mol. The van der Waals surface area contributed by atoms with Gasteiger partial charge in [-0.25, -0.2) is 0 Å². The van der Waals surface area contributed by atoms with Crippen LogP contribution in [0.4, 0.5) is 0 Å². The first-order chi connectivity index (χ1) is 6.59. The smallest absolute Gasteiger partial charge is 0.0500 e. The zero-order valence-corrected chi connectivity index (χ0v) is 10.2. The third-order valence-corrected chi connectivity index (χ3v) is 4.58. The number of hydrogen-bond donors (Lipinski definition) is 0. The van der Waals surface area contributed by atoms with Gasteiger partial charge in [0.15, 0.2) is 0 Å². The van der Waals surface area contributed by atoms with Gasteiger partial charge in [-0.1, -0.05) is 26.7 Å². The van der Waals surface area contributed by atoms with Gasteiger partial charge in [0.2, 0.25) is 0 Å². The normalized spacial score (nSPS) is 37.9. The molecule has 1 nitrogen and oxygen atoms in total. The van der Waals surface area contributed by atoms with Gasteiger partial charge >= 0.3 is 0 Å². The van der Waals surface area contributed by atoms with Gasteiger partial charge in [0.25, 0.3) is 0 Å². The summed E-state index contributed by atoms with van der Waals surface area (Å²) >= 11 is 6.25. The van der Waals surface area contributed by atoms with Gasteiger partial charge in [0, 0.05) is 19.6 Å². The highest BCUT2D eigenvalue weighted by molar-refractivity contribution is 6.21. The first-order valence-electron chi connectivity index (χ1n) is 5.95. The average Bonchev–Trinajstić information content (AvgIpc) is 2.62. The maximum Gasteiger partial charge on any atom is 0.0500 e. The minimum Gasteiger partial charge on any atom is -0.301 e. The van der Waals surface area contributed by atoms with Crippen LogP contribution in [0.25, 0.3) is 0 Å². The van der Waals surface area contributed by atoms with Gasteiger partial charge in [-0.3, -0.25) is 0 Å². The van der Waals surface area contributed by atoms with Gasteiger partial charge in [0.05, 0.1) is 5.38 Å². The Kier molecular flexibility index (Phi) is 3.09. The summed E-state index contributed by atoms with van der Waals surface area (Å²) in [6.07, 6.45) is 5.71. The molecule has 1 aliphatic carbocycles. The summed E-state index contributed by atoms with van der Waals surface area (Å²) < 4.78 is 0. The lowest BCUT2D eigenvalue weighted by atomic mass is 9.88. The molecule has 2 rings (SSSR count). The highest BCUT2D eigenvalue weighted by Gasteiger charge is 2.35. The van der Waals surface area contributed by atoms with Crippen LogP contribution in [0.15, 0.2) is 0 Å². The maximum absolute atomic E-state index is 6.25. The predicted octanol–water partition coefficient (Wildman–Crippen LogP) is 3.13. The van der Waals surface area contributed by atoms with E-state index in [9.17, 15) is 0 Å². The second kappa shape index (κ2) is 4.02. The van der Waals surface area contributed by atoms with Crippen molar-refractivity contribution >= 4 is 11.6 Å². The van der Waals surface area contributed by atoms with Crippen molar-refractivity contribution in [2.24, 2.45) is 11.3 Å². The van der Waals surface area contributed by atoms with Gasteiger partial charge < -0.3 is 4.90 Å². The molecule has 0 aromatic heterocycles. The summed E-state index contributed by atoms with van der Waals surface area (Å²) in [4.78, 5) is 2.58. The molecule has 82 valence electrons. The molecule has 0 spiro atoms. The fraction of sp³-hybridized carbons (Fsp3) is 1.00. The summed E-state index contributed by atoms with van der Waals surface area (Å²) in [6, 6.07) is 0. The molecule has 2 unspecified atom stereocenters. The lowest BCUT2D eigenvalue weighted by Crippen LogP contribution is -2.33. The molecule has 2 atom stereocenters. The molecular weight excluding hydrogens is 194 g/mol. The molecule has 0 aromatic rings. The van der Waals surface area contributed by atoms with Gasteiger partial charge in [-0.05, 0) is 24.2 Å². The Morgan fingerprint density at radius 1 is 1.29 bits per heavy atom. The molecule has 1 saturated carbocycles. The van der Waals surface area contributed by atoms with Crippen LogP contribution in [0.2, 0.25) is 0 Å². The van der Waals surface area contributed by atoms with Gasteiger partial charge in [-0.2, -0.15) is 0 Å². The van der Waals surface area contributed by atoms with E-state index in [0.29, 0.717) is 16.7 Å². The maximum atomic E-state index is 6.25. The van der Waals surface area contributed by atoms with E-state index in [0.717, 1.165) is 6.54 Å². The number of hydrogen-bond acceptors (Lipinski definition) is 1.